The van der Waals surface area contributed by atoms with Gasteiger partial charge in [0.05, 0.1) is 12.2 Å². The Morgan fingerprint density at radius 1 is 1.20 bits per heavy atom. The highest BCUT2D eigenvalue weighted by Gasteiger charge is 2.23. The van der Waals surface area contributed by atoms with Crippen molar-refractivity contribution in [3.63, 3.8) is 0 Å². The molecule has 5 nitrogen and oxygen atoms in total. The number of carbonyl (C=O) groups is 1. The molecule has 0 radical (unpaired) electrons. The molecular weight excluding hydrogens is 316 g/mol. The highest BCUT2D eigenvalue weighted by atomic mass is 16.5. The van der Waals surface area contributed by atoms with Gasteiger partial charge in [-0.2, -0.15) is 0 Å². The number of benzene rings is 1. The first kappa shape index (κ1) is 18.9. The Morgan fingerprint density at radius 3 is 2.60 bits per heavy atom. The lowest BCUT2D eigenvalue weighted by Gasteiger charge is -2.27. The van der Waals surface area contributed by atoms with Gasteiger partial charge in [0.15, 0.2) is 0 Å². The lowest BCUT2D eigenvalue weighted by molar-refractivity contribution is 0.0944. The molecule has 1 aromatic carbocycles. The van der Waals surface area contributed by atoms with E-state index in [9.17, 15) is 9.59 Å². The summed E-state index contributed by atoms with van der Waals surface area (Å²) < 4.78 is 6.48. The number of nitrogens with one attached hydrogen (secondary N) is 1. The zero-order chi connectivity index (χ0) is 18.4. The second kappa shape index (κ2) is 8.12. The van der Waals surface area contributed by atoms with E-state index in [2.05, 4.69) is 38.2 Å². The fourth-order valence-electron chi connectivity index (χ4n) is 2.86. The molecule has 0 aliphatic rings. The monoisotopic (exact) mass is 342 g/mol. The summed E-state index contributed by atoms with van der Waals surface area (Å²) in [5.74, 6) is -0.187. The Kier molecular flexibility index (Phi) is 6.15. The molecule has 0 spiro atoms. The van der Waals surface area contributed by atoms with Crippen molar-refractivity contribution in [3.8, 4) is 0 Å². The third-order valence-corrected chi connectivity index (χ3v) is 4.35. The summed E-state index contributed by atoms with van der Waals surface area (Å²) in [6, 6.07) is 11.2. The quantitative estimate of drug-likeness (QED) is 0.841. The molecule has 0 unspecified atom stereocenters. The molecule has 0 fully saturated rings. The van der Waals surface area contributed by atoms with Crippen LogP contribution in [0.25, 0.3) is 0 Å². The van der Waals surface area contributed by atoms with E-state index in [1.807, 2.05) is 12.1 Å². The molecule has 0 saturated heterocycles. The first-order chi connectivity index (χ1) is 11.8. The standard InChI is InChI=1S/C20H26N2O3/c1-15-7-5-6-8-17(15)20(2,3)14-21-19(24)16-9-10-18(23)22(13-16)11-12-25-4/h5-10,13H,11-12,14H2,1-4H3,(H,21,24). The predicted octanol–water partition coefficient (Wildman–Crippen LogP) is 2.51. The van der Waals surface area contributed by atoms with Crippen molar-refractivity contribution in [1.82, 2.24) is 9.88 Å². The molecule has 0 aliphatic carbocycles. The normalized spacial score (nSPS) is 11.4. The Labute approximate surface area is 148 Å². The smallest absolute Gasteiger partial charge is 0.252 e. The number of nitrogens with zero attached hydrogens (tertiary/aromatic N) is 1. The van der Waals surface area contributed by atoms with Crippen LogP contribution in [0.5, 0.6) is 0 Å². The van der Waals surface area contributed by atoms with Crippen molar-refractivity contribution in [3.05, 3.63) is 69.6 Å². The number of aryl methyl sites for hydroxylation is 1. The molecule has 1 aromatic heterocycles. The minimum Gasteiger partial charge on any atom is -0.383 e. The van der Waals surface area contributed by atoms with Crippen molar-refractivity contribution in [1.29, 1.82) is 0 Å². The molecule has 5 heteroatoms. The van der Waals surface area contributed by atoms with Crippen molar-refractivity contribution in [2.75, 3.05) is 20.3 Å². The number of pyridine rings is 1. The fraction of sp³-hybridized carbons (Fsp3) is 0.400. The topological polar surface area (TPSA) is 60.3 Å². The molecule has 134 valence electrons. The average Bonchev–Trinajstić information content (AvgIpc) is 2.59. The summed E-state index contributed by atoms with van der Waals surface area (Å²) in [7, 11) is 1.58. The summed E-state index contributed by atoms with van der Waals surface area (Å²) in [5, 5.41) is 2.98. The molecule has 0 bridgehead atoms. The highest BCUT2D eigenvalue weighted by Crippen LogP contribution is 2.25. The molecule has 25 heavy (non-hydrogen) atoms. The van der Waals surface area contributed by atoms with Crippen LogP contribution in [0.2, 0.25) is 0 Å². The third kappa shape index (κ3) is 4.79. The van der Waals surface area contributed by atoms with Crippen molar-refractivity contribution in [2.24, 2.45) is 0 Å². The van der Waals surface area contributed by atoms with Gasteiger partial charge >= 0.3 is 0 Å². The summed E-state index contributed by atoms with van der Waals surface area (Å²) in [5.41, 5.74) is 2.55. The van der Waals surface area contributed by atoms with E-state index < -0.39 is 0 Å². The van der Waals surface area contributed by atoms with E-state index in [0.29, 0.717) is 25.3 Å². The van der Waals surface area contributed by atoms with Crippen LogP contribution >= 0.6 is 0 Å². The first-order valence-corrected chi connectivity index (χ1v) is 8.39. The molecule has 0 aliphatic heterocycles. The Balaban J connectivity index is 2.09. The van der Waals surface area contributed by atoms with Gasteiger partial charge < -0.3 is 14.6 Å². The summed E-state index contributed by atoms with van der Waals surface area (Å²) in [6.07, 6.45) is 1.58. The van der Waals surface area contributed by atoms with E-state index in [1.165, 1.54) is 21.8 Å². The van der Waals surface area contributed by atoms with Gasteiger partial charge in [-0.1, -0.05) is 38.1 Å². The summed E-state index contributed by atoms with van der Waals surface area (Å²) >= 11 is 0. The van der Waals surface area contributed by atoms with Crippen LogP contribution in [-0.4, -0.2) is 30.7 Å². The van der Waals surface area contributed by atoms with Crippen LogP contribution in [0.15, 0.2) is 47.4 Å². The highest BCUT2D eigenvalue weighted by molar-refractivity contribution is 5.93. The van der Waals surface area contributed by atoms with E-state index in [1.54, 1.807) is 19.4 Å². The van der Waals surface area contributed by atoms with Gasteiger partial charge in [0.25, 0.3) is 11.5 Å². The Bertz CT molecular complexity index is 794. The molecule has 2 aromatic rings. The maximum atomic E-state index is 12.5. The molecule has 1 N–H and O–H groups in total. The Hall–Kier alpha value is -2.40. The number of rotatable bonds is 7. The van der Waals surface area contributed by atoms with Crippen molar-refractivity contribution < 1.29 is 9.53 Å². The van der Waals surface area contributed by atoms with Gasteiger partial charge in [-0.3, -0.25) is 9.59 Å². The van der Waals surface area contributed by atoms with Gasteiger partial charge in [-0.25, -0.2) is 0 Å². The fourth-order valence-corrected chi connectivity index (χ4v) is 2.86. The first-order valence-electron chi connectivity index (χ1n) is 8.39. The number of hydrogen-bond donors (Lipinski definition) is 1. The minimum absolute atomic E-state index is 0.145. The largest absolute Gasteiger partial charge is 0.383 e. The molecule has 0 atom stereocenters. The number of amides is 1. The molecular formula is C20H26N2O3. The maximum Gasteiger partial charge on any atom is 0.252 e. The van der Waals surface area contributed by atoms with Crippen LogP contribution < -0.4 is 10.9 Å². The summed E-state index contributed by atoms with van der Waals surface area (Å²) in [6.45, 7) is 7.64. The SMILES string of the molecule is COCCn1cc(C(=O)NCC(C)(C)c2ccccc2C)ccc1=O. The van der Waals surface area contributed by atoms with Crippen LogP contribution in [0.1, 0.15) is 35.3 Å². The predicted molar refractivity (Wildman–Crippen MR) is 99.1 cm³/mol. The number of methoxy groups -OCH3 is 1. The van der Waals surface area contributed by atoms with Gasteiger partial charge in [-0.05, 0) is 24.1 Å². The number of carbonyl (C=O) groups excluding carboxylic acids is 1. The molecule has 1 heterocycles. The van der Waals surface area contributed by atoms with Gasteiger partial charge in [0.2, 0.25) is 0 Å². The van der Waals surface area contributed by atoms with E-state index >= 15 is 0 Å². The molecule has 0 saturated carbocycles. The third-order valence-electron chi connectivity index (χ3n) is 4.35. The lowest BCUT2D eigenvalue weighted by Crippen LogP contribution is -2.37. The van der Waals surface area contributed by atoms with Crippen LogP contribution in [0.4, 0.5) is 0 Å². The molecule has 1 amide bonds. The van der Waals surface area contributed by atoms with Crippen LogP contribution in [0.3, 0.4) is 0 Å². The van der Waals surface area contributed by atoms with E-state index in [0.717, 1.165) is 0 Å². The van der Waals surface area contributed by atoms with Crippen molar-refractivity contribution in [2.45, 2.75) is 32.7 Å². The van der Waals surface area contributed by atoms with Crippen molar-refractivity contribution >= 4 is 5.91 Å². The van der Waals surface area contributed by atoms with Crippen LogP contribution in [0, 0.1) is 6.92 Å². The number of ether oxygens (including phenoxy) is 1. The summed E-state index contributed by atoms with van der Waals surface area (Å²) in [4.78, 5) is 24.3. The second-order valence-corrected chi connectivity index (χ2v) is 6.82. The molecule has 2 rings (SSSR count). The van der Waals surface area contributed by atoms with Gasteiger partial charge in [-0.15, -0.1) is 0 Å². The van der Waals surface area contributed by atoms with Crippen LogP contribution in [-0.2, 0) is 16.7 Å². The maximum absolute atomic E-state index is 12.5. The number of hydrogen-bond acceptors (Lipinski definition) is 3. The van der Waals surface area contributed by atoms with Gasteiger partial charge in [0, 0.05) is 37.9 Å². The zero-order valence-corrected chi connectivity index (χ0v) is 15.3. The van der Waals surface area contributed by atoms with Gasteiger partial charge in [0.1, 0.15) is 0 Å². The number of aromatic nitrogens is 1. The lowest BCUT2D eigenvalue weighted by atomic mass is 9.82. The van der Waals surface area contributed by atoms with E-state index in [-0.39, 0.29) is 16.9 Å². The average molecular weight is 342 g/mol. The minimum atomic E-state index is -0.189. The second-order valence-electron chi connectivity index (χ2n) is 6.82. The van der Waals surface area contributed by atoms with E-state index in [4.69, 9.17) is 4.74 Å². The zero-order valence-electron chi connectivity index (χ0n) is 15.3. The Morgan fingerprint density at radius 2 is 1.92 bits per heavy atom.